The van der Waals surface area contributed by atoms with Crippen molar-refractivity contribution in [3.8, 4) is 0 Å². The molecule has 0 saturated carbocycles. The molecule has 7 heteroatoms. The van der Waals surface area contributed by atoms with Crippen molar-refractivity contribution >= 4 is 17.8 Å². The van der Waals surface area contributed by atoms with Crippen LogP contribution in [-0.2, 0) is 15.1 Å². The second-order valence-corrected chi connectivity index (χ2v) is 6.71. The van der Waals surface area contributed by atoms with Crippen molar-refractivity contribution in [2.45, 2.75) is 45.2 Å². The average Bonchev–Trinajstić information content (AvgIpc) is 2.71. The molecule has 1 aliphatic rings. The Hall–Kier alpha value is -2.44. The zero-order valence-corrected chi connectivity index (χ0v) is 14.3. The smallest absolute Gasteiger partial charge is 0.325 e. The van der Waals surface area contributed by atoms with Gasteiger partial charge in [0.05, 0.1) is 0 Å². The number of rotatable bonds is 5. The minimum Gasteiger partial charge on any atom is -0.350 e. The zero-order valence-electron chi connectivity index (χ0n) is 14.3. The molecule has 24 heavy (non-hydrogen) atoms. The van der Waals surface area contributed by atoms with Crippen LogP contribution in [0, 0.1) is 5.82 Å². The number of nitrogens with zero attached hydrogens (tertiary/aromatic N) is 1. The van der Waals surface area contributed by atoms with Crippen LogP contribution in [-0.4, -0.2) is 34.8 Å². The largest absolute Gasteiger partial charge is 0.350 e. The third-order valence-corrected chi connectivity index (χ3v) is 4.35. The van der Waals surface area contributed by atoms with Gasteiger partial charge in [0.25, 0.3) is 5.91 Å². The van der Waals surface area contributed by atoms with E-state index in [4.69, 9.17) is 0 Å². The van der Waals surface area contributed by atoms with Crippen molar-refractivity contribution in [1.29, 1.82) is 0 Å². The highest BCUT2D eigenvalue weighted by molar-refractivity contribution is 6.09. The Morgan fingerprint density at radius 2 is 1.96 bits per heavy atom. The number of hydrogen-bond acceptors (Lipinski definition) is 3. The van der Waals surface area contributed by atoms with E-state index in [2.05, 4.69) is 10.6 Å². The Balaban J connectivity index is 2.21. The van der Waals surface area contributed by atoms with Gasteiger partial charge in [-0.2, -0.15) is 0 Å². The fourth-order valence-corrected chi connectivity index (χ4v) is 2.54. The Morgan fingerprint density at radius 3 is 2.54 bits per heavy atom. The van der Waals surface area contributed by atoms with Crippen LogP contribution in [0.2, 0.25) is 0 Å². The third kappa shape index (κ3) is 3.25. The van der Waals surface area contributed by atoms with E-state index in [0.717, 1.165) is 4.90 Å². The van der Waals surface area contributed by atoms with Crippen molar-refractivity contribution in [3.63, 3.8) is 0 Å². The first-order valence-corrected chi connectivity index (χ1v) is 7.81. The molecule has 1 aromatic carbocycles. The van der Waals surface area contributed by atoms with E-state index in [9.17, 15) is 18.8 Å². The van der Waals surface area contributed by atoms with Crippen LogP contribution >= 0.6 is 0 Å². The summed E-state index contributed by atoms with van der Waals surface area (Å²) in [6, 6.07) is 5.04. The van der Waals surface area contributed by atoms with Crippen LogP contribution in [0.1, 0.15) is 39.7 Å². The molecule has 2 rings (SSSR count). The summed E-state index contributed by atoms with van der Waals surface area (Å²) in [5.41, 5.74) is -1.89. The second-order valence-electron chi connectivity index (χ2n) is 6.71. The lowest BCUT2D eigenvalue weighted by molar-refractivity contribution is -0.135. The molecule has 1 saturated heterocycles. The Bertz CT molecular complexity index is 689. The maximum atomic E-state index is 14.0. The summed E-state index contributed by atoms with van der Waals surface area (Å²) >= 11 is 0. The Labute approximate surface area is 140 Å². The lowest BCUT2D eigenvalue weighted by Crippen LogP contribution is -2.49. The lowest BCUT2D eigenvalue weighted by atomic mass is 9.91. The molecule has 1 aliphatic heterocycles. The van der Waals surface area contributed by atoms with Gasteiger partial charge in [0.1, 0.15) is 17.9 Å². The van der Waals surface area contributed by atoms with Crippen LogP contribution in [0.5, 0.6) is 0 Å². The first-order chi connectivity index (χ1) is 11.1. The van der Waals surface area contributed by atoms with Gasteiger partial charge in [0.2, 0.25) is 5.91 Å². The van der Waals surface area contributed by atoms with E-state index in [1.54, 1.807) is 6.07 Å². The van der Waals surface area contributed by atoms with E-state index in [1.807, 2.05) is 20.8 Å². The van der Waals surface area contributed by atoms with Crippen molar-refractivity contribution in [3.05, 3.63) is 35.6 Å². The average molecular weight is 335 g/mol. The number of carbonyl (C=O) groups excluding carboxylic acids is 3. The molecule has 130 valence electrons. The Kier molecular flexibility index (Phi) is 4.64. The van der Waals surface area contributed by atoms with Gasteiger partial charge in [-0.25, -0.2) is 9.18 Å². The number of nitrogens with one attached hydrogen (secondary N) is 2. The van der Waals surface area contributed by atoms with Gasteiger partial charge in [0.15, 0.2) is 0 Å². The van der Waals surface area contributed by atoms with E-state index in [1.165, 1.54) is 25.1 Å². The van der Waals surface area contributed by atoms with Crippen molar-refractivity contribution in [2.24, 2.45) is 0 Å². The highest BCUT2D eigenvalue weighted by atomic mass is 19.1. The van der Waals surface area contributed by atoms with Crippen molar-refractivity contribution in [2.75, 3.05) is 6.54 Å². The standard InChI is InChI=1S/C17H22FN3O3/c1-5-16(2,3)19-13(22)10-21-14(23)17(4,20-15(21)24)11-8-6-7-9-12(11)18/h6-9H,5,10H2,1-4H3,(H,19,22)(H,20,24). The second kappa shape index (κ2) is 6.22. The molecule has 4 amide bonds. The summed E-state index contributed by atoms with van der Waals surface area (Å²) in [6.07, 6.45) is 0.700. The third-order valence-electron chi connectivity index (χ3n) is 4.35. The fourth-order valence-electron chi connectivity index (χ4n) is 2.54. The summed E-state index contributed by atoms with van der Waals surface area (Å²) in [6.45, 7) is 6.64. The number of urea groups is 1. The lowest BCUT2D eigenvalue weighted by Gasteiger charge is -2.26. The number of benzene rings is 1. The fraction of sp³-hybridized carbons (Fsp3) is 0.471. The summed E-state index contributed by atoms with van der Waals surface area (Å²) in [4.78, 5) is 37.7. The molecule has 0 spiro atoms. The SMILES string of the molecule is CCC(C)(C)NC(=O)CN1C(=O)NC(C)(c2ccccc2F)C1=O. The topological polar surface area (TPSA) is 78.5 Å². The van der Waals surface area contributed by atoms with Crippen LogP contribution in [0.4, 0.5) is 9.18 Å². The molecule has 1 fully saturated rings. The predicted molar refractivity (Wildman–Crippen MR) is 86.5 cm³/mol. The predicted octanol–water partition coefficient (Wildman–Crippen LogP) is 1.90. The number of imide groups is 1. The maximum absolute atomic E-state index is 14.0. The first kappa shape index (κ1) is 17.9. The molecular weight excluding hydrogens is 313 g/mol. The van der Waals surface area contributed by atoms with Gasteiger partial charge in [0, 0.05) is 11.1 Å². The van der Waals surface area contributed by atoms with Gasteiger partial charge < -0.3 is 10.6 Å². The van der Waals surface area contributed by atoms with E-state index < -0.39 is 41.3 Å². The Morgan fingerprint density at radius 1 is 1.33 bits per heavy atom. The van der Waals surface area contributed by atoms with Gasteiger partial charge in [-0.15, -0.1) is 0 Å². The monoisotopic (exact) mass is 335 g/mol. The van der Waals surface area contributed by atoms with Crippen LogP contribution in [0.25, 0.3) is 0 Å². The molecular formula is C17H22FN3O3. The van der Waals surface area contributed by atoms with Gasteiger partial charge in [-0.3, -0.25) is 14.5 Å². The molecule has 0 aromatic heterocycles. The first-order valence-electron chi connectivity index (χ1n) is 7.81. The minimum atomic E-state index is -1.52. The maximum Gasteiger partial charge on any atom is 0.325 e. The number of halogens is 1. The quantitative estimate of drug-likeness (QED) is 0.807. The van der Waals surface area contributed by atoms with E-state index >= 15 is 0 Å². The van der Waals surface area contributed by atoms with Crippen LogP contribution < -0.4 is 10.6 Å². The summed E-state index contributed by atoms with van der Waals surface area (Å²) < 4.78 is 14.0. The minimum absolute atomic E-state index is 0.0696. The molecule has 0 aliphatic carbocycles. The summed E-state index contributed by atoms with van der Waals surface area (Å²) in [7, 11) is 0. The summed E-state index contributed by atoms with van der Waals surface area (Å²) in [5, 5.41) is 5.25. The number of hydrogen-bond donors (Lipinski definition) is 2. The van der Waals surface area contributed by atoms with Gasteiger partial charge >= 0.3 is 6.03 Å². The highest BCUT2D eigenvalue weighted by Crippen LogP contribution is 2.30. The molecule has 1 heterocycles. The number of amides is 4. The van der Waals surface area contributed by atoms with Crippen LogP contribution in [0.3, 0.4) is 0 Å². The molecule has 0 radical (unpaired) electrons. The molecule has 1 aromatic rings. The molecule has 0 bridgehead atoms. The molecule has 1 atom stereocenters. The molecule has 1 unspecified atom stereocenters. The highest BCUT2D eigenvalue weighted by Gasteiger charge is 2.50. The molecule has 2 N–H and O–H groups in total. The van der Waals surface area contributed by atoms with E-state index in [0.29, 0.717) is 6.42 Å². The molecule has 6 nitrogen and oxygen atoms in total. The van der Waals surface area contributed by atoms with Crippen LogP contribution in [0.15, 0.2) is 24.3 Å². The van der Waals surface area contributed by atoms with Gasteiger partial charge in [-0.1, -0.05) is 25.1 Å². The van der Waals surface area contributed by atoms with Crippen molar-refractivity contribution in [1.82, 2.24) is 15.5 Å². The van der Waals surface area contributed by atoms with E-state index in [-0.39, 0.29) is 5.56 Å². The summed E-state index contributed by atoms with van der Waals surface area (Å²) in [5.74, 6) is -1.68. The van der Waals surface area contributed by atoms with Gasteiger partial charge in [-0.05, 0) is 33.3 Å². The normalized spacial score (nSPS) is 21.0. The zero-order chi connectivity index (χ0) is 18.1. The van der Waals surface area contributed by atoms with Crippen molar-refractivity contribution < 1.29 is 18.8 Å². The number of carbonyl (C=O) groups is 3.